The molecule has 100 valence electrons. The molecule has 7 nitrogen and oxygen atoms in total. The molecule has 1 aromatic rings. The van der Waals surface area contributed by atoms with Crippen molar-refractivity contribution in [2.24, 2.45) is 5.73 Å². The molecule has 2 atom stereocenters. The second-order valence-electron chi connectivity index (χ2n) is 3.82. The number of amides is 1. The van der Waals surface area contributed by atoms with Crippen molar-refractivity contribution in [2.45, 2.75) is 15.8 Å². The van der Waals surface area contributed by atoms with E-state index >= 15 is 0 Å². The van der Waals surface area contributed by atoms with Gasteiger partial charge in [0, 0.05) is 10.7 Å². The van der Waals surface area contributed by atoms with Crippen LogP contribution < -0.4 is 5.73 Å². The van der Waals surface area contributed by atoms with E-state index in [0.717, 1.165) is 0 Å². The van der Waals surface area contributed by atoms with Crippen LogP contribution in [-0.4, -0.2) is 49.2 Å². The molecule has 0 bridgehead atoms. The number of rotatable bonds is 3. The molecule has 19 heavy (non-hydrogen) atoms. The smallest absolute Gasteiger partial charge is 0.353 e. The second kappa shape index (κ2) is 4.78. The number of fused-ring (bicyclic) bond motifs is 1. The van der Waals surface area contributed by atoms with Crippen LogP contribution in [0.15, 0.2) is 20.5 Å². The molecule has 10 heteroatoms. The third kappa shape index (κ3) is 2.04. The van der Waals surface area contributed by atoms with Crippen LogP contribution in [-0.2, 0) is 9.59 Å². The third-order valence-electron chi connectivity index (χ3n) is 2.73. The molecule has 2 aliphatic rings. The average molecular weight is 316 g/mol. The van der Waals surface area contributed by atoms with E-state index in [1.165, 1.54) is 39.8 Å². The first-order chi connectivity index (χ1) is 9.09. The van der Waals surface area contributed by atoms with Crippen LogP contribution in [0.1, 0.15) is 0 Å². The Balaban J connectivity index is 1.95. The number of carbonyl (C=O) groups is 2. The Morgan fingerprint density at radius 2 is 2.42 bits per heavy atom. The van der Waals surface area contributed by atoms with Crippen molar-refractivity contribution in [3.63, 3.8) is 0 Å². The largest absolute Gasteiger partial charge is 0.477 e. The second-order valence-corrected chi connectivity index (χ2v) is 7.10. The molecule has 3 rings (SSSR count). The lowest BCUT2D eigenvalue weighted by Crippen LogP contribution is -2.68. The van der Waals surface area contributed by atoms with Gasteiger partial charge in [-0.05, 0) is 0 Å². The van der Waals surface area contributed by atoms with Gasteiger partial charge in [-0.15, -0.1) is 22.0 Å². The summed E-state index contributed by atoms with van der Waals surface area (Å²) in [5.74, 6) is -0.948. The first kappa shape index (κ1) is 12.9. The number of carbonyl (C=O) groups excluding carboxylic acids is 1. The van der Waals surface area contributed by atoms with Crippen LogP contribution in [0.3, 0.4) is 0 Å². The van der Waals surface area contributed by atoms with Gasteiger partial charge in [-0.1, -0.05) is 23.1 Å². The van der Waals surface area contributed by atoms with Crippen molar-refractivity contribution in [3.05, 3.63) is 16.1 Å². The minimum atomic E-state index is -1.11. The van der Waals surface area contributed by atoms with E-state index in [1.807, 2.05) is 0 Å². The fraction of sp³-hybridized carbons (Fsp3) is 0.333. The molecule has 0 saturated carbocycles. The predicted octanol–water partition coefficient (Wildman–Crippen LogP) is 0.169. The Kier molecular flexibility index (Phi) is 3.25. The van der Waals surface area contributed by atoms with Gasteiger partial charge in [0.25, 0.3) is 0 Å². The fourth-order valence-electron chi connectivity index (χ4n) is 1.88. The van der Waals surface area contributed by atoms with Crippen LogP contribution >= 0.6 is 34.9 Å². The fourth-order valence-corrected chi connectivity index (χ4v) is 4.94. The maximum Gasteiger partial charge on any atom is 0.353 e. The molecule has 3 heterocycles. The Bertz CT molecular complexity index is 573. The maximum atomic E-state index is 11.7. The predicted molar refractivity (Wildman–Crippen MR) is 71.5 cm³/mol. The Morgan fingerprint density at radius 1 is 1.63 bits per heavy atom. The minimum Gasteiger partial charge on any atom is -0.477 e. The highest BCUT2D eigenvalue weighted by atomic mass is 32.2. The van der Waals surface area contributed by atoms with Crippen LogP contribution in [0.5, 0.6) is 0 Å². The lowest BCUT2D eigenvalue weighted by atomic mass is 10.1. The summed E-state index contributed by atoms with van der Waals surface area (Å²) in [4.78, 5) is 25.0. The van der Waals surface area contributed by atoms with Gasteiger partial charge in [-0.2, -0.15) is 0 Å². The minimum absolute atomic E-state index is 0.0238. The number of carboxylic acid groups (broad SMARTS) is 1. The maximum absolute atomic E-state index is 11.7. The van der Waals surface area contributed by atoms with Crippen molar-refractivity contribution < 1.29 is 14.7 Å². The summed E-state index contributed by atoms with van der Waals surface area (Å²) in [7, 11) is 0. The number of nitrogens with two attached hydrogens (primary N) is 1. The van der Waals surface area contributed by atoms with E-state index < -0.39 is 12.0 Å². The number of aromatic nitrogens is 2. The van der Waals surface area contributed by atoms with Crippen LogP contribution in [0.4, 0.5) is 0 Å². The summed E-state index contributed by atoms with van der Waals surface area (Å²) in [6, 6.07) is -0.604. The quantitative estimate of drug-likeness (QED) is 0.759. The van der Waals surface area contributed by atoms with E-state index in [1.54, 1.807) is 5.51 Å². The standard InChI is InChI=1S/C9H8N4O3S3/c10-4-6(14)13-5(8(15)16)3(1-17-7(4)13)19-9-12-11-2-18-9/h2,4,7H,1,10H2,(H,15,16)/t4-,7-/m1/s1. The summed E-state index contributed by atoms with van der Waals surface area (Å²) in [6.07, 6.45) is 0. The van der Waals surface area contributed by atoms with Crippen LogP contribution in [0.25, 0.3) is 0 Å². The monoisotopic (exact) mass is 316 g/mol. The van der Waals surface area contributed by atoms with Crippen LogP contribution in [0.2, 0.25) is 0 Å². The van der Waals surface area contributed by atoms with Gasteiger partial charge in [0.05, 0.1) is 0 Å². The molecule has 0 aromatic carbocycles. The number of aliphatic carboxylic acids is 1. The van der Waals surface area contributed by atoms with Gasteiger partial charge < -0.3 is 10.8 Å². The van der Waals surface area contributed by atoms with Gasteiger partial charge in [0.1, 0.15) is 22.6 Å². The Labute approximate surface area is 120 Å². The molecular weight excluding hydrogens is 308 g/mol. The van der Waals surface area contributed by atoms with Gasteiger partial charge in [-0.3, -0.25) is 9.69 Å². The number of hydrogen-bond acceptors (Lipinski definition) is 8. The van der Waals surface area contributed by atoms with Crippen molar-refractivity contribution >= 4 is 46.7 Å². The van der Waals surface area contributed by atoms with Crippen molar-refractivity contribution in [1.29, 1.82) is 0 Å². The van der Waals surface area contributed by atoms with Gasteiger partial charge in [-0.25, -0.2) is 4.79 Å². The molecule has 0 spiro atoms. The first-order valence-electron chi connectivity index (χ1n) is 5.20. The van der Waals surface area contributed by atoms with E-state index in [-0.39, 0.29) is 17.0 Å². The molecule has 0 unspecified atom stereocenters. The Morgan fingerprint density at radius 3 is 3.05 bits per heavy atom. The first-order valence-corrected chi connectivity index (χ1v) is 7.95. The van der Waals surface area contributed by atoms with Gasteiger partial charge >= 0.3 is 5.97 Å². The average Bonchev–Trinajstić information content (AvgIpc) is 2.89. The van der Waals surface area contributed by atoms with Gasteiger partial charge in [0.2, 0.25) is 5.91 Å². The van der Waals surface area contributed by atoms with Crippen molar-refractivity contribution in [2.75, 3.05) is 5.75 Å². The number of carboxylic acids is 1. The summed E-state index contributed by atoms with van der Waals surface area (Å²) in [5.41, 5.74) is 7.27. The molecule has 1 fully saturated rings. The lowest BCUT2D eigenvalue weighted by molar-refractivity contribution is -0.147. The molecule has 3 N–H and O–H groups in total. The molecular formula is C9H8N4O3S3. The molecule has 1 aromatic heterocycles. The highest BCUT2D eigenvalue weighted by molar-refractivity contribution is 8.07. The number of thioether (sulfide) groups is 2. The van der Waals surface area contributed by atoms with Gasteiger partial charge in [0.15, 0.2) is 4.34 Å². The highest BCUT2D eigenvalue weighted by Crippen LogP contribution is 2.44. The van der Waals surface area contributed by atoms with E-state index in [2.05, 4.69) is 10.2 Å². The van der Waals surface area contributed by atoms with E-state index in [0.29, 0.717) is 15.0 Å². The van der Waals surface area contributed by atoms with Crippen molar-refractivity contribution in [3.8, 4) is 0 Å². The zero-order valence-corrected chi connectivity index (χ0v) is 11.8. The summed E-state index contributed by atoms with van der Waals surface area (Å²) < 4.78 is 0.657. The van der Waals surface area contributed by atoms with Crippen molar-refractivity contribution in [1.82, 2.24) is 15.1 Å². The van der Waals surface area contributed by atoms with E-state index in [9.17, 15) is 14.7 Å². The lowest BCUT2D eigenvalue weighted by Gasteiger charge is -2.47. The zero-order chi connectivity index (χ0) is 13.6. The number of β-lactam (4-membered cyclic amide) rings is 1. The Hall–Kier alpha value is -1.10. The third-order valence-corrected chi connectivity index (χ3v) is 6.07. The summed E-state index contributed by atoms with van der Waals surface area (Å²) in [5, 5.41) is 16.6. The zero-order valence-electron chi connectivity index (χ0n) is 9.35. The SMILES string of the molecule is N[C@@H]1C(=O)N2C(C(=O)O)=C(Sc3nncs3)CS[C@H]12. The molecule has 1 amide bonds. The topological polar surface area (TPSA) is 109 Å². The highest BCUT2D eigenvalue weighted by Gasteiger charge is 2.51. The summed E-state index contributed by atoms with van der Waals surface area (Å²) >= 11 is 4.04. The summed E-state index contributed by atoms with van der Waals surface area (Å²) in [6.45, 7) is 0. The normalized spacial score (nSPS) is 26.2. The molecule has 1 saturated heterocycles. The van der Waals surface area contributed by atoms with Crippen LogP contribution in [0, 0.1) is 0 Å². The number of hydrogen-bond donors (Lipinski definition) is 2. The molecule has 2 aliphatic heterocycles. The number of nitrogens with zero attached hydrogens (tertiary/aromatic N) is 3. The molecule has 0 aliphatic carbocycles. The molecule has 0 radical (unpaired) electrons. The van der Waals surface area contributed by atoms with E-state index in [4.69, 9.17) is 5.73 Å².